The van der Waals surface area contributed by atoms with E-state index < -0.39 is 0 Å². The number of benzene rings is 1. The van der Waals surface area contributed by atoms with Gasteiger partial charge < -0.3 is 10.2 Å². The van der Waals surface area contributed by atoms with Crippen molar-refractivity contribution >= 4 is 33.7 Å². The highest BCUT2D eigenvalue weighted by atomic mass is 32.1. The molecule has 1 aromatic carbocycles. The van der Waals surface area contributed by atoms with Crippen LogP contribution in [0.25, 0.3) is 0 Å². The Bertz CT molecular complexity index is 854. The second kappa shape index (κ2) is 9.27. The molecule has 1 fully saturated rings. The molecule has 4 rings (SSSR count). The van der Waals surface area contributed by atoms with Crippen LogP contribution in [0.2, 0.25) is 0 Å². The van der Waals surface area contributed by atoms with Crippen molar-refractivity contribution in [3.8, 4) is 0 Å². The first-order valence-corrected chi connectivity index (χ1v) is 11.2. The standard InChI is InChI=1S/C20H23N5OS2/c26-17(15-24-9-4-10-25(12-11-24)20-22-8-14-28-20)23-18(19-21-7-13-27-19)16-5-2-1-3-6-16/h1-3,5-8,13-14,18H,4,9-12,15H2,(H,23,26). The molecule has 8 heteroatoms. The third-order valence-corrected chi connectivity index (χ3v) is 6.45. The number of hydrogen-bond donors (Lipinski definition) is 1. The van der Waals surface area contributed by atoms with Crippen LogP contribution < -0.4 is 10.2 Å². The van der Waals surface area contributed by atoms with Crippen LogP contribution in [0, 0.1) is 0 Å². The van der Waals surface area contributed by atoms with Crippen LogP contribution in [0.4, 0.5) is 5.13 Å². The molecule has 1 aliphatic heterocycles. The number of aromatic nitrogens is 2. The molecule has 1 atom stereocenters. The van der Waals surface area contributed by atoms with Crippen LogP contribution in [0.15, 0.2) is 53.5 Å². The summed E-state index contributed by atoms with van der Waals surface area (Å²) in [5, 5.41) is 9.11. The fourth-order valence-electron chi connectivity index (χ4n) is 3.41. The molecule has 1 saturated heterocycles. The van der Waals surface area contributed by atoms with Crippen LogP contribution in [0.1, 0.15) is 23.0 Å². The molecule has 0 aliphatic carbocycles. The third-order valence-electron chi connectivity index (χ3n) is 4.78. The lowest BCUT2D eigenvalue weighted by molar-refractivity contribution is -0.122. The minimum absolute atomic E-state index is 0.0340. The summed E-state index contributed by atoms with van der Waals surface area (Å²) >= 11 is 3.23. The number of hydrogen-bond acceptors (Lipinski definition) is 7. The van der Waals surface area contributed by atoms with E-state index in [1.807, 2.05) is 47.3 Å². The smallest absolute Gasteiger partial charge is 0.235 e. The van der Waals surface area contributed by atoms with E-state index in [4.69, 9.17) is 0 Å². The van der Waals surface area contributed by atoms with E-state index in [9.17, 15) is 4.79 Å². The summed E-state index contributed by atoms with van der Waals surface area (Å²) in [4.78, 5) is 26.2. The van der Waals surface area contributed by atoms with E-state index in [1.165, 1.54) is 0 Å². The average Bonchev–Trinajstić information content (AvgIpc) is 3.40. The fraction of sp³-hybridized carbons (Fsp3) is 0.350. The monoisotopic (exact) mass is 413 g/mol. The molecular formula is C20H23N5OS2. The van der Waals surface area contributed by atoms with Crippen molar-refractivity contribution in [3.63, 3.8) is 0 Å². The number of nitrogens with zero attached hydrogens (tertiary/aromatic N) is 4. The Labute approximate surface area is 172 Å². The maximum absolute atomic E-state index is 12.8. The van der Waals surface area contributed by atoms with E-state index in [0.717, 1.165) is 48.3 Å². The van der Waals surface area contributed by atoms with Gasteiger partial charge in [-0.1, -0.05) is 30.3 Å². The maximum atomic E-state index is 12.8. The summed E-state index contributed by atoms with van der Waals surface area (Å²) in [5.41, 5.74) is 1.05. The first-order valence-electron chi connectivity index (χ1n) is 9.40. The Kier molecular flexibility index (Phi) is 6.31. The molecule has 1 amide bonds. The number of amides is 1. The van der Waals surface area contributed by atoms with Gasteiger partial charge in [-0.3, -0.25) is 9.69 Å². The Balaban J connectivity index is 1.37. The van der Waals surface area contributed by atoms with Crippen molar-refractivity contribution in [2.45, 2.75) is 12.5 Å². The molecule has 3 heterocycles. The lowest BCUT2D eigenvalue weighted by Crippen LogP contribution is -2.40. The van der Waals surface area contributed by atoms with Gasteiger partial charge in [0.05, 0.1) is 6.54 Å². The summed E-state index contributed by atoms with van der Waals surface area (Å²) < 4.78 is 0. The number of thiazole rings is 2. The molecule has 0 saturated carbocycles. The molecule has 1 N–H and O–H groups in total. The number of nitrogens with one attached hydrogen (secondary N) is 1. The second-order valence-electron chi connectivity index (χ2n) is 6.71. The Morgan fingerprint density at radius 2 is 1.86 bits per heavy atom. The van der Waals surface area contributed by atoms with Gasteiger partial charge in [0.2, 0.25) is 5.91 Å². The number of rotatable bonds is 6. The molecule has 28 heavy (non-hydrogen) atoms. The van der Waals surface area contributed by atoms with Gasteiger partial charge in [0.1, 0.15) is 11.0 Å². The highest BCUT2D eigenvalue weighted by molar-refractivity contribution is 7.13. The molecule has 2 aromatic heterocycles. The highest BCUT2D eigenvalue weighted by Gasteiger charge is 2.22. The molecule has 1 unspecified atom stereocenters. The van der Waals surface area contributed by atoms with E-state index in [1.54, 1.807) is 28.9 Å². The summed E-state index contributed by atoms with van der Waals surface area (Å²) in [6.07, 6.45) is 4.66. The van der Waals surface area contributed by atoms with Crippen molar-refractivity contribution in [3.05, 3.63) is 64.1 Å². The maximum Gasteiger partial charge on any atom is 0.235 e. The van der Waals surface area contributed by atoms with Gasteiger partial charge in [-0.2, -0.15) is 0 Å². The van der Waals surface area contributed by atoms with Gasteiger partial charge in [-0.05, 0) is 12.0 Å². The molecule has 0 bridgehead atoms. The number of carbonyl (C=O) groups excluding carboxylic acids is 1. The van der Waals surface area contributed by atoms with Crippen molar-refractivity contribution in [1.29, 1.82) is 0 Å². The number of carbonyl (C=O) groups is 1. The lowest BCUT2D eigenvalue weighted by atomic mass is 10.1. The Morgan fingerprint density at radius 1 is 1.04 bits per heavy atom. The van der Waals surface area contributed by atoms with Gasteiger partial charge >= 0.3 is 0 Å². The van der Waals surface area contributed by atoms with Crippen LogP contribution in [-0.2, 0) is 4.79 Å². The van der Waals surface area contributed by atoms with Gasteiger partial charge in [-0.15, -0.1) is 22.7 Å². The minimum Gasteiger partial charge on any atom is -0.347 e. The Morgan fingerprint density at radius 3 is 2.61 bits per heavy atom. The van der Waals surface area contributed by atoms with Crippen LogP contribution >= 0.6 is 22.7 Å². The van der Waals surface area contributed by atoms with Crippen LogP contribution in [0.3, 0.4) is 0 Å². The summed E-state index contributed by atoms with van der Waals surface area (Å²) in [7, 11) is 0. The first kappa shape index (κ1) is 19.0. The van der Waals surface area contributed by atoms with Crippen LogP contribution in [-0.4, -0.2) is 53.5 Å². The van der Waals surface area contributed by atoms with Gasteiger partial charge in [0.25, 0.3) is 0 Å². The fourth-order valence-corrected chi connectivity index (χ4v) is 4.82. The average molecular weight is 414 g/mol. The summed E-state index contributed by atoms with van der Waals surface area (Å²) in [5.74, 6) is 0.0340. The van der Waals surface area contributed by atoms with Crippen molar-refractivity contribution in [2.75, 3.05) is 37.6 Å². The molecule has 6 nitrogen and oxygen atoms in total. The van der Waals surface area contributed by atoms with E-state index in [0.29, 0.717) is 6.54 Å². The Hall–Kier alpha value is -2.29. The predicted octanol–water partition coefficient (Wildman–Crippen LogP) is 3.02. The minimum atomic E-state index is -0.201. The third kappa shape index (κ3) is 4.76. The molecule has 0 spiro atoms. The number of anilines is 1. The largest absolute Gasteiger partial charge is 0.347 e. The molecular weight excluding hydrogens is 390 g/mol. The van der Waals surface area contributed by atoms with Crippen molar-refractivity contribution in [1.82, 2.24) is 20.2 Å². The van der Waals surface area contributed by atoms with Crippen molar-refractivity contribution < 1.29 is 4.79 Å². The molecule has 1 aliphatic rings. The summed E-state index contributed by atoms with van der Waals surface area (Å²) in [6.45, 7) is 4.07. The van der Waals surface area contributed by atoms with E-state index in [-0.39, 0.29) is 11.9 Å². The van der Waals surface area contributed by atoms with E-state index >= 15 is 0 Å². The van der Waals surface area contributed by atoms with Crippen LogP contribution in [0.5, 0.6) is 0 Å². The first-order chi connectivity index (χ1) is 13.8. The topological polar surface area (TPSA) is 61.4 Å². The quantitative estimate of drug-likeness (QED) is 0.673. The zero-order valence-electron chi connectivity index (χ0n) is 15.5. The lowest BCUT2D eigenvalue weighted by Gasteiger charge is -2.23. The SMILES string of the molecule is O=C(CN1CCCN(c2nccs2)CC1)NC(c1ccccc1)c1nccs1. The zero-order chi connectivity index (χ0) is 19.2. The highest BCUT2D eigenvalue weighted by Crippen LogP contribution is 2.24. The second-order valence-corrected chi connectivity index (χ2v) is 8.51. The molecule has 3 aromatic rings. The zero-order valence-corrected chi connectivity index (χ0v) is 17.2. The molecule has 146 valence electrons. The molecule has 0 radical (unpaired) electrons. The van der Waals surface area contributed by atoms with E-state index in [2.05, 4.69) is 25.1 Å². The predicted molar refractivity (Wildman–Crippen MR) is 114 cm³/mol. The van der Waals surface area contributed by atoms with Crippen molar-refractivity contribution in [2.24, 2.45) is 0 Å². The van der Waals surface area contributed by atoms with Gasteiger partial charge in [-0.25, -0.2) is 9.97 Å². The van der Waals surface area contributed by atoms with Gasteiger partial charge in [0, 0.05) is 49.3 Å². The summed E-state index contributed by atoms with van der Waals surface area (Å²) in [6, 6.07) is 9.82. The van der Waals surface area contributed by atoms with Gasteiger partial charge in [0.15, 0.2) is 5.13 Å². The normalized spacial score (nSPS) is 16.5.